The number of Topliss-reactive ketones (excluding diaryl/α,β-unsaturated/α-hetero) is 1. The summed E-state index contributed by atoms with van der Waals surface area (Å²) < 4.78 is 0. The monoisotopic (exact) mass is 432 g/mol. The maximum absolute atomic E-state index is 13.2. The molecule has 3 N–H and O–H groups in total. The van der Waals surface area contributed by atoms with Gasteiger partial charge < -0.3 is 10.6 Å². The van der Waals surface area contributed by atoms with Gasteiger partial charge in [-0.25, -0.2) is 9.97 Å². The number of nitrogens with zero attached hydrogens (tertiary/aromatic N) is 4. The molecule has 156 valence electrons. The molecule has 3 heterocycles. The molecular weight excluding hydrogens is 412 g/mol. The predicted octanol–water partition coefficient (Wildman–Crippen LogP) is 4.06. The maximum atomic E-state index is 13.2. The van der Waals surface area contributed by atoms with Gasteiger partial charge in [0.15, 0.2) is 11.6 Å². The molecule has 0 bridgehead atoms. The zero-order valence-corrected chi connectivity index (χ0v) is 17.7. The highest BCUT2D eigenvalue weighted by atomic mass is 35.5. The Bertz CT molecular complexity index is 1290. The first-order valence-corrected chi connectivity index (χ1v) is 10.5. The summed E-state index contributed by atoms with van der Waals surface area (Å²) in [5.74, 6) is -0.0414. The van der Waals surface area contributed by atoms with Gasteiger partial charge in [0.05, 0.1) is 28.1 Å². The number of nitrogen functional groups attached to an aromatic ring is 1. The Morgan fingerprint density at radius 3 is 2.68 bits per heavy atom. The van der Waals surface area contributed by atoms with Crippen molar-refractivity contribution in [3.8, 4) is 22.5 Å². The third kappa shape index (κ3) is 3.56. The number of carbonyl (C=O) groups excluding carboxylic acids is 1. The van der Waals surface area contributed by atoms with Gasteiger partial charge in [-0.05, 0) is 32.1 Å². The fraction of sp³-hybridized carbons (Fsp3) is 0.217. The lowest BCUT2D eigenvalue weighted by molar-refractivity contribution is 0.0920. The summed E-state index contributed by atoms with van der Waals surface area (Å²) in [5.41, 5.74) is 10.0. The van der Waals surface area contributed by atoms with E-state index in [1.165, 1.54) is 0 Å². The highest BCUT2D eigenvalue weighted by Crippen LogP contribution is 2.35. The first-order valence-electron chi connectivity index (χ1n) is 10.1. The van der Waals surface area contributed by atoms with Crippen LogP contribution in [0.2, 0.25) is 5.02 Å². The summed E-state index contributed by atoms with van der Waals surface area (Å²) in [6.07, 6.45) is 2.50. The van der Waals surface area contributed by atoms with Crippen LogP contribution in [0.5, 0.6) is 0 Å². The van der Waals surface area contributed by atoms with Gasteiger partial charge in [0, 0.05) is 29.0 Å². The molecule has 2 aromatic heterocycles. The van der Waals surface area contributed by atoms with Crippen LogP contribution in [0.15, 0.2) is 48.7 Å². The number of aromatic amines is 1. The number of nitrogens with two attached hydrogens (primary N) is 1. The van der Waals surface area contributed by atoms with Crippen LogP contribution in [-0.4, -0.2) is 51.0 Å². The molecule has 0 amide bonds. The Labute approximate surface area is 184 Å². The van der Waals surface area contributed by atoms with Crippen molar-refractivity contribution in [2.24, 2.45) is 5.92 Å². The molecule has 1 aliphatic rings. The number of H-pyrrole nitrogens is 1. The van der Waals surface area contributed by atoms with E-state index in [1.807, 2.05) is 49.5 Å². The van der Waals surface area contributed by atoms with E-state index in [0.717, 1.165) is 35.0 Å². The highest BCUT2D eigenvalue weighted by Gasteiger charge is 2.30. The second kappa shape index (κ2) is 7.76. The second-order valence-corrected chi connectivity index (χ2v) is 8.33. The van der Waals surface area contributed by atoms with Gasteiger partial charge in [0.2, 0.25) is 0 Å². The number of halogens is 1. The molecule has 1 fully saturated rings. The molecule has 0 radical (unpaired) electrons. The normalized spacial score (nSPS) is 16.8. The third-order valence-corrected chi connectivity index (χ3v) is 6.04. The minimum absolute atomic E-state index is 0.0642. The average Bonchev–Trinajstić information content (AvgIpc) is 3.43. The lowest BCUT2D eigenvalue weighted by Crippen LogP contribution is -2.22. The van der Waals surface area contributed by atoms with Crippen LogP contribution >= 0.6 is 11.6 Å². The number of likely N-dealkylation sites (tertiary alicyclic amines) is 1. The molecule has 0 saturated carbocycles. The Morgan fingerprint density at radius 1 is 1.16 bits per heavy atom. The second-order valence-electron chi connectivity index (χ2n) is 7.93. The molecule has 0 aliphatic carbocycles. The van der Waals surface area contributed by atoms with Crippen molar-refractivity contribution in [3.63, 3.8) is 0 Å². The summed E-state index contributed by atoms with van der Waals surface area (Å²) >= 11 is 6.49. The molecule has 1 unspecified atom stereocenters. The number of aromatic nitrogens is 4. The van der Waals surface area contributed by atoms with Gasteiger partial charge in [-0.3, -0.25) is 9.89 Å². The van der Waals surface area contributed by atoms with E-state index in [9.17, 15) is 4.79 Å². The fourth-order valence-electron chi connectivity index (χ4n) is 4.12. The van der Waals surface area contributed by atoms with E-state index < -0.39 is 0 Å². The summed E-state index contributed by atoms with van der Waals surface area (Å²) in [4.78, 5) is 24.8. The Morgan fingerprint density at radius 2 is 1.94 bits per heavy atom. The fourth-order valence-corrected chi connectivity index (χ4v) is 4.39. The zero-order chi connectivity index (χ0) is 21.5. The maximum Gasteiger partial charge on any atom is 0.189 e. The number of carbonyl (C=O) groups is 1. The lowest BCUT2D eigenvalue weighted by atomic mass is 9.98. The standard InChI is InChI=1S/C23H21ClN6O/c1-30-8-7-14(12-30)22(31)21-23(25)28-19(13-5-3-2-4-6-13)20(27-21)15-9-16-11-26-29-18(16)17(24)10-15/h2-6,9-11,14H,7-8,12H2,1H3,(H2,25,28)(H,26,29). The number of ketones is 1. The minimum atomic E-state index is -0.128. The highest BCUT2D eigenvalue weighted by molar-refractivity contribution is 6.35. The van der Waals surface area contributed by atoms with E-state index in [1.54, 1.807) is 6.20 Å². The number of hydrogen-bond donors (Lipinski definition) is 2. The van der Waals surface area contributed by atoms with Crippen LogP contribution in [0.4, 0.5) is 5.82 Å². The number of anilines is 1. The number of hydrogen-bond acceptors (Lipinski definition) is 6. The van der Waals surface area contributed by atoms with Crippen molar-refractivity contribution in [2.45, 2.75) is 6.42 Å². The van der Waals surface area contributed by atoms with Crippen LogP contribution < -0.4 is 5.73 Å². The van der Waals surface area contributed by atoms with Gasteiger partial charge in [-0.2, -0.15) is 5.10 Å². The van der Waals surface area contributed by atoms with Crippen molar-refractivity contribution in [3.05, 3.63) is 59.4 Å². The molecular formula is C23H21ClN6O. The molecule has 2 aromatic carbocycles. The molecule has 1 saturated heterocycles. The van der Waals surface area contributed by atoms with Gasteiger partial charge in [-0.1, -0.05) is 41.9 Å². The van der Waals surface area contributed by atoms with Crippen molar-refractivity contribution < 1.29 is 4.79 Å². The topological polar surface area (TPSA) is 101 Å². The van der Waals surface area contributed by atoms with Gasteiger partial charge >= 0.3 is 0 Å². The summed E-state index contributed by atoms with van der Waals surface area (Å²) in [7, 11) is 2.01. The quantitative estimate of drug-likeness (QED) is 0.471. The van der Waals surface area contributed by atoms with E-state index >= 15 is 0 Å². The molecule has 8 heteroatoms. The Kier molecular flexibility index (Phi) is 4.92. The molecule has 5 rings (SSSR count). The summed E-state index contributed by atoms with van der Waals surface area (Å²) in [6.45, 7) is 1.58. The molecule has 7 nitrogen and oxygen atoms in total. The summed E-state index contributed by atoms with van der Waals surface area (Å²) in [6, 6.07) is 13.4. The number of nitrogens with one attached hydrogen (secondary N) is 1. The molecule has 0 spiro atoms. The van der Waals surface area contributed by atoms with Crippen LogP contribution in [-0.2, 0) is 0 Å². The van der Waals surface area contributed by atoms with Gasteiger partial charge in [-0.15, -0.1) is 0 Å². The number of benzene rings is 2. The van der Waals surface area contributed by atoms with Crippen molar-refractivity contribution in [1.29, 1.82) is 0 Å². The molecule has 1 aliphatic heterocycles. The molecule has 1 atom stereocenters. The van der Waals surface area contributed by atoms with E-state index in [2.05, 4.69) is 20.1 Å². The van der Waals surface area contributed by atoms with E-state index in [4.69, 9.17) is 22.3 Å². The smallest absolute Gasteiger partial charge is 0.189 e. The van der Waals surface area contributed by atoms with Crippen molar-refractivity contribution in [2.75, 3.05) is 25.9 Å². The number of rotatable bonds is 4. The van der Waals surface area contributed by atoms with Crippen molar-refractivity contribution in [1.82, 2.24) is 25.1 Å². The average molecular weight is 433 g/mol. The summed E-state index contributed by atoms with van der Waals surface area (Å²) in [5, 5.41) is 8.34. The van der Waals surface area contributed by atoms with Crippen LogP contribution in [0.3, 0.4) is 0 Å². The van der Waals surface area contributed by atoms with Crippen LogP contribution in [0.1, 0.15) is 16.9 Å². The van der Waals surface area contributed by atoms with E-state index in [-0.39, 0.29) is 23.2 Å². The van der Waals surface area contributed by atoms with Crippen LogP contribution in [0, 0.1) is 5.92 Å². The Balaban J connectivity index is 1.70. The lowest BCUT2D eigenvalue weighted by Gasteiger charge is -2.15. The Hall–Kier alpha value is -3.29. The molecule has 4 aromatic rings. The van der Waals surface area contributed by atoms with Gasteiger partial charge in [0.25, 0.3) is 0 Å². The molecule has 31 heavy (non-hydrogen) atoms. The third-order valence-electron chi connectivity index (χ3n) is 5.74. The first-order chi connectivity index (χ1) is 15.0. The van der Waals surface area contributed by atoms with Crippen molar-refractivity contribution >= 4 is 34.1 Å². The SMILES string of the molecule is CN1CCC(C(=O)c2nc(-c3cc(Cl)c4[nH]ncc4c3)c(-c3ccccc3)nc2N)C1. The minimum Gasteiger partial charge on any atom is -0.382 e. The first kappa shape index (κ1) is 19.7. The van der Waals surface area contributed by atoms with Crippen LogP contribution in [0.25, 0.3) is 33.4 Å². The zero-order valence-electron chi connectivity index (χ0n) is 17.0. The van der Waals surface area contributed by atoms with Gasteiger partial charge in [0.1, 0.15) is 5.69 Å². The number of fused-ring (bicyclic) bond motifs is 1. The predicted molar refractivity (Wildman–Crippen MR) is 122 cm³/mol. The van der Waals surface area contributed by atoms with E-state index in [0.29, 0.717) is 23.0 Å². The largest absolute Gasteiger partial charge is 0.382 e.